The molecular weight excluding hydrogens is 210 g/mol. The number of carbonyl (C=O) groups is 2. The Morgan fingerprint density at radius 1 is 1.38 bits per heavy atom. The SMILES string of the molecule is CSCC(=O)NCCSCC(=O)O. The van der Waals surface area contributed by atoms with Crippen LogP contribution >= 0.6 is 23.5 Å². The van der Waals surface area contributed by atoms with Crippen molar-refractivity contribution in [1.82, 2.24) is 5.32 Å². The van der Waals surface area contributed by atoms with Crippen LogP contribution in [0.15, 0.2) is 0 Å². The summed E-state index contributed by atoms with van der Waals surface area (Å²) in [5.41, 5.74) is 0. The normalized spacial score (nSPS) is 9.62. The number of thioether (sulfide) groups is 2. The lowest BCUT2D eigenvalue weighted by atomic mass is 10.6. The lowest BCUT2D eigenvalue weighted by molar-refractivity contribution is -0.133. The summed E-state index contributed by atoms with van der Waals surface area (Å²) in [7, 11) is 0. The Hall–Kier alpha value is -0.360. The first-order valence-corrected chi connectivity index (χ1v) is 6.27. The van der Waals surface area contributed by atoms with Crippen LogP contribution in [-0.4, -0.2) is 47.0 Å². The van der Waals surface area contributed by atoms with Crippen LogP contribution in [0.3, 0.4) is 0 Å². The fourth-order valence-corrected chi connectivity index (χ4v) is 1.53. The molecule has 4 nitrogen and oxygen atoms in total. The first-order chi connectivity index (χ1) is 6.16. The molecule has 6 heteroatoms. The fourth-order valence-electron chi connectivity index (χ4n) is 0.604. The second kappa shape index (κ2) is 8.25. The van der Waals surface area contributed by atoms with E-state index < -0.39 is 5.97 Å². The van der Waals surface area contributed by atoms with Crippen molar-refractivity contribution in [3.63, 3.8) is 0 Å². The van der Waals surface area contributed by atoms with Gasteiger partial charge in [-0.15, -0.1) is 11.8 Å². The zero-order chi connectivity index (χ0) is 10.1. The quantitative estimate of drug-likeness (QED) is 0.607. The van der Waals surface area contributed by atoms with Crippen LogP contribution in [0.25, 0.3) is 0 Å². The van der Waals surface area contributed by atoms with Crippen LogP contribution in [0.4, 0.5) is 0 Å². The largest absolute Gasteiger partial charge is 0.481 e. The van der Waals surface area contributed by atoms with Gasteiger partial charge < -0.3 is 10.4 Å². The number of aliphatic carboxylic acids is 1. The minimum absolute atomic E-state index is 0.00317. The van der Waals surface area contributed by atoms with Crippen LogP contribution in [0.1, 0.15) is 0 Å². The Kier molecular flexibility index (Phi) is 8.02. The van der Waals surface area contributed by atoms with Gasteiger partial charge in [0.1, 0.15) is 0 Å². The highest BCUT2D eigenvalue weighted by Gasteiger charge is 1.99. The summed E-state index contributed by atoms with van der Waals surface area (Å²) in [4.78, 5) is 21.0. The molecule has 0 aromatic heterocycles. The first kappa shape index (κ1) is 12.6. The molecule has 0 unspecified atom stereocenters. The van der Waals surface area contributed by atoms with Crippen LogP contribution in [0.2, 0.25) is 0 Å². The molecule has 0 heterocycles. The molecule has 0 radical (unpaired) electrons. The van der Waals surface area contributed by atoms with Gasteiger partial charge in [-0.05, 0) is 6.26 Å². The van der Waals surface area contributed by atoms with E-state index in [4.69, 9.17) is 5.11 Å². The highest BCUT2D eigenvalue weighted by molar-refractivity contribution is 8.00. The Labute approximate surface area is 85.8 Å². The van der Waals surface area contributed by atoms with E-state index in [0.29, 0.717) is 18.1 Å². The topological polar surface area (TPSA) is 66.4 Å². The number of hydrogen-bond acceptors (Lipinski definition) is 4. The smallest absolute Gasteiger partial charge is 0.313 e. The summed E-state index contributed by atoms with van der Waals surface area (Å²) in [5, 5.41) is 11.0. The number of carbonyl (C=O) groups excluding carboxylic acids is 1. The predicted octanol–water partition coefficient (Wildman–Crippen LogP) is 0.283. The van der Waals surface area contributed by atoms with Crippen molar-refractivity contribution < 1.29 is 14.7 Å². The zero-order valence-electron chi connectivity index (χ0n) is 7.41. The molecule has 13 heavy (non-hydrogen) atoms. The summed E-state index contributed by atoms with van der Waals surface area (Å²) in [6.45, 7) is 0.539. The molecule has 0 saturated heterocycles. The molecule has 76 valence electrons. The van der Waals surface area contributed by atoms with Gasteiger partial charge in [0, 0.05) is 12.3 Å². The number of nitrogens with one attached hydrogen (secondary N) is 1. The molecular formula is C7H13NO3S2. The Bertz CT molecular complexity index is 175. The summed E-state index contributed by atoms with van der Waals surface area (Å²) < 4.78 is 0. The van der Waals surface area contributed by atoms with Gasteiger partial charge in [-0.3, -0.25) is 9.59 Å². The molecule has 0 atom stereocenters. The molecule has 0 aliphatic heterocycles. The van der Waals surface area contributed by atoms with Gasteiger partial charge in [0.15, 0.2) is 0 Å². The van der Waals surface area contributed by atoms with Crippen LogP contribution in [0, 0.1) is 0 Å². The van der Waals surface area contributed by atoms with E-state index in [1.165, 1.54) is 23.5 Å². The lowest BCUT2D eigenvalue weighted by Gasteiger charge is -2.02. The maximum atomic E-state index is 10.9. The summed E-state index contributed by atoms with van der Waals surface area (Å²) in [6.07, 6.45) is 1.86. The molecule has 0 bridgehead atoms. The third kappa shape index (κ3) is 9.55. The second-order valence-corrected chi connectivity index (χ2v) is 4.20. The van der Waals surface area contributed by atoms with E-state index >= 15 is 0 Å². The minimum atomic E-state index is -0.819. The van der Waals surface area contributed by atoms with Gasteiger partial charge in [-0.2, -0.15) is 11.8 Å². The predicted molar refractivity (Wildman–Crippen MR) is 56.4 cm³/mol. The van der Waals surface area contributed by atoms with Crippen molar-refractivity contribution in [3.8, 4) is 0 Å². The summed E-state index contributed by atoms with van der Waals surface area (Å²) in [5.74, 6) is 0.387. The van der Waals surface area contributed by atoms with E-state index in [2.05, 4.69) is 5.32 Å². The van der Waals surface area contributed by atoms with Gasteiger partial charge >= 0.3 is 5.97 Å². The van der Waals surface area contributed by atoms with Crippen molar-refractivity contribution in [2.24, 2.45) is 0 Å². The Morgan fingerprint density at radius 3 is 2.62 bits per heavy atom. The molecule has 0 aromatic carbocycles. The molecule has 0 spiro atoms. The van der Waals surface area contributed by atoms with E-state index in [0.717, 1.165) is 0 Å². The number of amides is 1. The van der Waals surface area contributed by atoms with Gasteiger partial charge in [0.25, 0.3) is 0 Å². The number of carboxylic acid groups (broad SMARTS) is 1. The van der Waals surface area contributed by atoms with Gasteiger partial charge in [0.2, 0.25) is 5.91 Å². The molecule has 0 saturated carbocycles. The van der Waals surface area contributed by atoms with Crippen LogP contribution < -0.4 is 5.32 Å². The van der Waals surface area contributed by atoms with Crippen LogP contribution in [-0.2, 0) is 9.59 Å². The Balaban J connectivity index is 3.16. The monoisotopic (exact) mass is 223 g/mol. The molecule has 2 N–H and O–H groups in total. The number of carboxylic acids is 1. The molecule has 0 aliphatic rings. The lowest BCUT2D eigenvalue weighted by Crippen LogP contribution is -2.27. The van der Waals surface area contributed by atoms with E-state index in [9.17, 15) is 9.59 Å². The first-order valence-electron chi connectivity index (χ1n) is 3.72. The summed E-state index contributed by atoms with van der Waals surface area (Å²) in [6, 6.07) is 0. The van der Waals surface area contributed by atoms with Gasteiger partial charge in [-0.25, -0.2) is 0 Å². The van der Waals surface area contributed by atoms with Gasteiger partial charge in [-0.1, -0.05) is 0 Å². The summed E-state index contributed by atoms with van der Waals surface area (Å²) >= 11 is 2.77. The van der Waals surface area contributed by atoms with Crippen molar-refractivity contribution in [2.75, 3.05) is 30.1 Å². The van der Waals surface area contributed by atoms with Crippen LogP contribution in [0.5, 0.6) is 0 Å². The van der Waals surface area contributed by atoms with Crippen molar-refractivity contribution >= 4 is 35.4 Å². The molecule has 0 rings (SSSR count). The standard InChI is InChI=1S/C7H13NO3S2/c1-12-4-6(9)8-2-3-13-5-7(10)11/h2-5H2,1H3,(H,8,9)(H,10,11). The molecule has 0 aromatic rings. The maximum absolute atomic E-state index is 10.9. The van der Waals surface area contributed by atoms with Gasteiger partial charge in [0.05, 0.1) is 11.5 Å². The van der Waals surface area contributed by atoms with E-state index in [-0.39, 0.29) is 11.7 Å². The van der Waals surface area contributed by atoms with E-state index in [1.807, 2.05) is 6.26 Å². The second-order valence-electron chi connectivity index (χ2n) is 2.23. The van der Waals surface area contributed by atoms with E-state index in [1.54, 1.807) is 0 Å². The average molecular weight is 223 g/mol. The highest BCUT2D eigenvalue weighted by atomic mass is 32.2. The maximum Gasteiger partial charge on any atom is 0.313 e. The minimum Gasteiger partial charge on any atom is -0.481 e. The third-order valence-electron chi connectivity index (χ3n) is 1.07. The third-order valence-corrected chi connectivity index (χ3v) is 2.56. The zero-order valence-corrected chi connectivity index (χ0v) is 9.04. The molecule has 0 aliphatic carbocycles. The number of rotatable bonds is 7. The van der Waals surface area contributed by atoms with Crippen molar-refractivity contribution in [1.29, 1.82) is 0 Å². The number of hydrogen-bond donors (Lipinski definition) is 2. The van der Waals surface area contributed by atoms with Crippen molar-refractivity contribution in [2.45, 2.75) is 0 Å². The van der Waals surface area contributed by atoms with Crippen molar-refractivity contribution in [3.05, 3.63) is 0 Å². The fraction of sp³-hybridized carbons (Fsp3) is 0.714. The Morgan fingerprint density at radius 2 is 2.08 bits per heavy atom. The highest BCUT2D eigenvalue weighted by Crippen LogP contribution is 1.97. The average Bonchev–Trinajstić information content (AvgIpc) is 2.03. The molecule has 1 amide bonds. The molecule has 0 fully saturated rings.